The van der Waals surface area contributed by atoms with Gasteiger partial charge in [-0.3, -0.25) is 4.55 Å². The zero-order valence-corrected chi connectivity index (χ0v) is 37.2. The first kappa shape index (κ1) is 47.9. The molecule has 11 nitrogen and oxygen atoms in total. The van der Waals surface area contributed by atoms with Gasteiger partial charge in [-0.15, -0.1) is 0 Å². The topological polar surface area (TPSA) is 160 Å². The highest BCUT2D eigenvalue weighted by molar-refractivity contribution is 7.85. The highest BCUT2D eigenvalue weighted by Gasteiger charge is 2.30. The van der Waals surface area contributed by atoms with Crippen molar-refractivity contribution in [2.45, 2.75) is 56.9 Å². The van der Waals surface area contributed by atoms with Crippen LogP contribution in [0.15, 0.2) is 48.5 Å². The molecule has 1 N–H and O–H groups in total. The SMILES string of the molecule is BCc1cc(CB)c(CB)c(C(=O)Oc2cc(OC(=O)c3cc(CB)cc(CB)c3CB)c(C(=O)OCCS(=O)(=O)O)c(OC(=O)c3cc(CB)cc(CB)c3CB)c2)c1. The molecule has 60 heavy (non-hydrogen) atoms. The molecule has 304 valence electrons. The molecule has 0 spiro atoms. The number of rotatable bonds is 19. The summed E-state index contributed by atoms with van der Waals surface area (Å²) < 4.78 is 55.9. The lowest BCUT2D eigenvalue weighted by molar-refractivity contribution is 0.0516. The van der Waals surface area contributed by atoms with Crippen molar-refractivity contribution < 1.29 is 51.1 Å². The first-order chi connectivity index (χ1) is 28.6. The van der Waals surface area contributed by atoms with Gasteiger partial charge in [0.15, 0.2) is 11.5 Å². The van der Waals surface area contributed by atoms with Crippen molar-refractivity contribution in [2.24, 2.45) is 0 Å². The van der Waals surface area contributed by atoms with E-state index in [1.807, 2.05) is 82.7 Å². The lowest BCUT2D eigenvalue weighted by atomic mass is 9.81. The van der Waals surface area contributed by atoms with E-state index >= 15 is 0 Å². The standard InChI is InChI=1S/C39H49B9O11S/c40-11-20-3-23(14-43)30(17-46)27(6-20)36(49)57-26-9-33(58-37(50)28-7-21(12-41)4-24(15-44)31(28)18-47)35(39(52)56-1-2-60(53,54)55)34(10-26)59-38(51)29-8-22(13-42)5-25(16-45)32(29)19-48/h3-10H,1-2,11-19,40-48H2,(H,53,54,55). The monoisotopic (exact) mass is 824 g/mol. The van der Waals surface area contributed by atoms with Crippen LogP contribution in [-0.4, -0.2) is 120 Å². The molecule has 21 heteroatoms. The molecule has 0 heterocycles. The highest BCUT2D eigenvalue weighted by atomic mass is 32.2. The summed E-state index contributed by atoms with van der Waals surface area (Å²) in [6.45, 7) is -0.778. The van der Waals surface area contributed by atoms with E-state index in [1.165, 1.54) is 12.1 Å². The summed E-state index contributed by atoms with van der Waals surface area (Å²) in [4.78, 5) is 56.8. The lowest BCUT2D eigenvalue weighted by Gasteiger charge is -2.19. The maximum atomic E-state index is 14.3. The smallest absolute Gasteiger partial charge is 0.345 e. The Kier molecular flexibility index (Phi) is 17.3. The Morgan fingerprint density at radius 1 is 0.467 bits per heavy atom. The average molecular weight is 823 g/mol. The zero-order chi connectivity index (χ0) is 44.3. The van der Waals surface area contributed by atoms with Gasteiger partial charge < -0.3 is 18.9 Å². The van der Waals surface area contributed by atoms with Crippen molar-refractivity contribution in [3.05, 3.63) is 121 Å². The van der Waals surface area contributed by atoms with E-state index in [2.05, 4.69) is 6.07 Å². The van der Waals surface area contributed by atoms with Crippen molar-refractivity contribution in [3.8, 4) is 17.2 Å². The molecule has 0 aliphatic rings. The Bertz CT molecular complexity index is 2290. The first-order valence-electron chi connectivity index (χ1n) is 21.0. The number of carbonyl (C=O) groups excluding carboxylic acids is 4. The van der Waals surface area contributed by atoms with Crippen LogP contribution < -0.4 is 14.2 Å². The third kappa shape index (κ3) is 11.5. The fraction of sp³-hybridized carbons (Fsp3) is 0.282. The third-order valence-electron chi connectivity index (χ3n) is 10.7. The summed E-state index contributed by atoms with van der Waals surface area (Å²) in [5, 5.41) is 0. The second-order valence-electron chi connectivity index (χ2n) is 14.4. The number of benzene rings is 4. The molecule has 0 aliphatic carbocycles. The number of carbonyl (C=O) groups is 4. The van der Waals surface area contributed by atoms with Crippen LogP contribution in [0, 0.1) is 0 Å². The van der Waals surface area contributed by atoms with Gasteiger partial charge in [-0.1, -0.05) is 108 Å². The minimum atomic E-state index is -4.54. The van der Waals surface area contributed by atoms with Crippen LogP contribution in [0.2, 0.25) is 0 Å². The predicted molar refractivity (Wildman–Crippen MR) is 258 cm³/mol. The minimum Gasteiger partial charge on any atom is -0.461 e. The molecule has 4 aromatic rings. The minimum absolute atomic E-state index is 0.207. The molecule has 0 aromatic heterocycles. The molecule has 0 atom stereocenters. The van der Waals surface area contributed by atoms with Gasteiger partial charge in [0.1, 0.15) is 94.3 Å². The molecule has 0 saturated carbocycles. The van der Waals surface area contributed by atoms with E-state index in [9.17, 15) is 32.1 Å². The van der Waals surface area contributed by atoms with Crippen LogP contribution in [-0.2, 0) is 71.7 Å². The largest absolute Gasteiger partial charge is 0.461 e. The van der Waals surface area contributed by atoms with Crippen molar-refractivity contribution >= 4 is 105 Å². The summed E-state index contributed by atoms with van der Waals surface area (Å²) in [6, 6.07) is 13.7. The van der Waals surface area contributed by atoms with Gasteiger partial charge in [0.25, 0.3) is 10.1 Å². The quantitative estimate of drug-likeness (QED) is 0.0435. The van der Waals surface area contributed by atoms with Gasteiger partial charge in [-0.05, 0) is 34.9 Å². The molecule has 0 unspecified atom stereocenters. The normalized spacial score (nSPS) is 11.2. The Balaban J connectivity index is 2.01. The van der Waals surface area contributed by atoms with E-state index in [0.29, 0.717) is 62.4 Å². The van der Waals surface area contributed by atoms with Gasteiger partial charge in [-0.25, -0.2) is 19.2 Å². The summed E-state index contributed by atoms with van der Waals surface area (Å²) in [5.74, 6) is -5.68. The van der Waals surface area contributed by atoms with Crippen molar-refractivity contribution in [3.63, 3.8) is 0 Å². The number of ether oxygens (including phenoxy) is 4. The second kappa shape index (κ2) is 21.7. The van der Waals surface area contributed by atoms with Crippen LogP contribution in [0.4, 0.5) is 0 Å². The lowest BCUT2D eigenvalue weighted by Crippen LogP contribution is -2.21. The van der Waals surface area contributed by atoms with Gasteiger partial charge in [0.05, 0.1) is 16.7 Å². The van der Waals surface area contributed by atoms with Gasteiger partial charge in [0.2, 0.25) is 0 Å². The Hall–Kier alpha value is -4.75. The summed E-state index contributed by atoms with van der Waals surface area (Å²) >= 11 is 0. The molecule has 0 aliphatic heterocycles. The Morgan fingerprint density at radius 3 is 1.12 bits per heavy atom. The molecule has 0 bridgehead atoms. The van der Waals surface area contributed by atoms with Crippen LogP contribution in [0.25, 0.3) is 0 Å². The molecular weight excluding hydrogens is 774 g/mol. The Morgan fingerprint density at radius 2 is 0.817 bits per heavy atom. The molecule has 4 aromatic carbocycles. The number of esters is 4. The van der Waals surface area contributed by atoms with Crippen molar-refractivity contribution in [2.75, 3.05) is 12.4 Å². The van der Waals surface area contributed by atoms with Crippen LogP contribution in [0.5, 0.6) is 17.2 Å². The summed E-state index contributed by atoms with van der Waals surface area (Å²) in [5.41, 5.74) is 8.22. The molecule has 0 radical (unpaired) electrons. The van der Waals surface area contributed by atoms with Crippen LogP contribution >= 0.6 is 0 Å². The van der Waals surface area contributed by atoms with Crippen molar-refractivity contribution in [1.82, 2.24) is 0 Å². The van der Waals surface area contributed by atoms with E-state index in [0.717, 1.165) is 50.1 Å². The van der Waals surface area contributed by atoms with E-state index in [1.54, 1.807) is 18.2 Å². The van der Waals surface area contributed by atoms with Crippen LogP contribution in [0.3, 0.4) is 0 Å². The van der Waals surface area contributed by atoms with E-state index in [4.69, 9.17) is 18.9 Å². The summed E-state index contributed by atoms with van der Waals surface area (Å²) in [7, 11) is 13.1. The number of hydrogen-bond acceptors (Lipinski definition) is 10. The first-order valence-corrected chi connectivity index (χ1v) is 22.6. The van der Waals surface area contributed by atoms with Gasteiger partial charge >= 0.3 is 23.9 Å². The maximum Gasteiger partial charge on any atom is 0.345 e. The number of hydrogen-bond donors (Lipinski definition) is 1. The fourth-order valence-corrected chi connectivity index (χ4v) is 7.82. The molecule has 0 saturated heterocycles. The Labute approximate surface area is 361 Å². The van der Waals surface area contributed by atoms with Crippen molar-refractivity contribution in [1.29, 1.82) is 0 Å². The maximum absolute atomic E-state index is 14.3. The predicted octanol–water partition coefficient (Wildman–Crippen LogP) is -3.41. The van der Waals surface area contributed by atoms with Gasteiger partial charge in [-0.2, -0.15) is 8.42 Å². The van der Waals surface area contributed by atoms with E-state index < -0.39 is 63.4 Å². The average Bonchev–Trinajstić information content (AvgIpc) is 3.23. The highest BCUT2D eigenvalue weighted by Crippen LogP contribution is 2.38. The molecule has 0 fully saturated rings. The third-order valence-corrected chi connectivity index (χ3v) is 11.4. The summed E-state index contributed by atoms with van der Waals surface area (Å²) in [6.07, 6.45) is 5.44. The van der Waals surface area contributed by atoms with Crippen LogP contribution in [0.1, 0.15) is 91.5 Å². The fourth-order valence-electron chi connectivity index (χ4n) is 7.52. The van der Waals surface area contributed by atoms with Gasteiger partial charge in [0, 0.05) is 12.1 Å². The molecule has 0 amide bonds. The second-order valence-corrected chi connectivity index (χ2v) is 16.0. The molecule has 4 rings (SSSR count). The molecular formula is C39H49B9O11S. The van der Waals surface area contributed by atoms with E-state index in [-0.39, 0.29) is 16.9 Å². The zero-order valence-electron chi connectivity index (χ0n) is 36.3.